The Morgan fingerprint density at radius 3 is 2.71 bits per heavy atom. The van der Waals surface area contributed by atoms with E-state index in [2.05, 4.69) is 19.2 Å². The van der Waals surface area contributed by atoms with Crippen molar-refractivity contribution in [2.24, 2.45) is 5.92 Å². The van der Waals surface area contributed by atoms with Crippen LogP contribution in [0.1, 0.15) is 65.2 Å². The van der Waals surface area contributed by atoms with E-state index in [4.69, 9.17) is 0 Å². The molecule has 1 N–H and O–H groups in total. The third-order valence-electron chi connectivity index (χ3n) is 3.57. The van der Waals surface area contributed by atoms with Gasteiger partial charge in [0.15, 0.2) is 0 Å². The van der Waals surface area contributed by atoms with Gasteiger partial charge in [0.2, 0.25) is 0 Å². The first kappa shape index (κ1) is 12.0. The summed E-state index contributed by atoms with van der Waals surface area (Å²) in [6, 6.07) is 0.838. The Kier molecular flexibility index (Phi) is 6.25. The monoisotopic (exact) mass is 197 g/mol. The average Bonchev–Trinajstić information content (AvgIpc) is 2.25. The van der Waals surface area contributed by atoms with E-state index in [1.54, 1.807) is 0 Å². The highest BCUT2D eigenvalue weighted by Crippen LogP contribution is 2.22. The second kappa shape index (κ2) is 7.28. The summed E-state index contributed by atoms with van der Waals surface area (Å²) >= 11 is 0. The largest absolute Gasteiger partial charge is 0.314 e. The van der Waals surface area contributed by atoms with E-state index >= 15 is 0 Å². The topological polar surface area (TPSA) is 12.0 Å². The molecule has 84 valence electrons. The highest BCUT2D eigenvalue weighted by atomic mass is 14.9. The lowest BCUT2D eigenvalue weighted by atomic mass is 9.89. The third-order valence-corrected chi connectivity index (χ3v) is 3.57. The van der Waals surface area contributed by atoms with Crippen LogP contribution in [0.25, 0.3) is 0 Å². The Morgan fingerprint density at radius 2 is 2.14 bits per heavy atom. The van der Waals surface area contributed by atoms with Crippen molar-refractivity contribution in [1.29, 1.82) is 0 Å². The number of unbranched alkanes of at least 4 members (excludes halogenated alkanes) is 1. The number of nitrogens with one attached hydrogen (secondary N) is 1. The SMILES string of the molecule is CCCC[C@H](CC)C[C@H]1CCCCN1. The van der Waals surface area contributed by atoms with Gasteiger partial charge in [-0.2, -0.15) is 0 Å². The first-order valence-electron chi connectivity index (χ1n) is 6.60. The van der Waals surface area contributed by atoms with Gasteiger partial charge in [-0.05, 0) is 31.7 Å². The maximum absolute atomic E-state index is 3.66. The van der Waals surface area contributed by atoms with Crippen LogP contribution >= 0.6 is 0 Å². The van der Waals surface area contributed by atoms with Crippen molar-refractivity contribution in [3.8, 4) is 0 Å². The number of piperidine rings is 1. The number of hydrogen-bond acceptors (Lipinski definition) is 1. The molecule has 1 heteroatoms. The summed E-state index contributed by atoms with van der Waals surface area (Å²) in [6.45, 7) is 5.91. The molecular formula is C13H27N. The summed E-state index contributed by atoms with van der Waals surface area (Å²) in [6.07, 6.45) is 11.3. The Labute approximate surface area is 89.7 Å². The minimum Gasteiger partial charge on any atom is -0.314 e. The van der Waals surface area contributed by atoms with Gasteiger partial charge < -0.3 is 5.32 Å². The molecule has 0 radical (unpaired) electrons. The van der Waals surface area contributed by atoms with E-state index in [0.717, 1.165) is 12.0 Å². The van der Waals surface area contributed by atoms with Crippen molar-refractivity contribution in [1.82, 2.24) is 5.32 Å². The average molecular weight is 197 g/mol. The summed E-state index contributed by atoms with van der Waals surface area (Å²) in [4.78, 5) is 0. The molecular weight excluding hydrogens is 170 g/mol. The van der Waals surface area contributed by atoms with Gasteiger partial charge in [-0.25, -0.2) is 0 Å². The summed E-state index contributed by atoms with van der Waals surface area (Å²) in [5, 5.41) is 3.66. The Bertz CT molecular complexity index is 127. The fourth-order valence-electron chi connectivity index (χ4n) is 2.51. The van der Waals surface area contributed by atoms with Gasteiger partial charge in [0.25, 0.3) is 0 Å². The lowest BCUT2D eigenvalue weighted by molar-refractivity contribution is 0.307. The molecule has 0 saturated carbocycles. The second-order valence-corrected chi connectivity index (χ2v) is 4.80. The normalized spacial score (nSPS) is 24.9. The van der Waals surface area contributed by atoms with Crippen LogP contribution in [-0.4, -0.2) is 12.6 Å². The molecule has 0 amide bonds. The fraction of sp³-hybridized carbons (Fsp3) is 1.00. The van der Waals surface area contributed by atoms with Crippen LogP contribution in [0.5, 0.6) is 0 Å². The molecule has 14 heavy (non-hydrogen) atoms. The van der Waals surface area contributed by atoms with E-state index in [-0.39, 0.29) is 0 Å². The van der Waals surface area contributed by atoms with Crippen LogP contribution in [0.3, 0.4) is 0 Å². The first-order chi connectivity index (χ1) is 6.86. The van der Waals surface area contributed by atoms with Gasteiger partial charge in [0, 0.05) is 6.04 Å². The molecule has 1 fully saturated rings. The summed E-state index contributed by atoms with van der Waals surface area (Å²) in [5.41, 5.74) is 0. The molecule has 0 bridgehead atoms. The molecule has 0 aromatic rings. The number of hydrogen-bond donors (Lipinski definition) is 1. The van der Waals surface area contributed by atoms with Gasteiger partial charge in [0.05, 0.1) is 0 Å². The summed E-state index contributed by atoms with van der Waals surface area (Å²) < 4.78 is 0. The van der Waals surface area contributed by atoms with E-state index in [9.17, 15) is 0 Å². The molecule has 1 aliphatic rings. The highest BCUT2D eigenvalue weighted by molar-refractivity contribution is 4.75. The molecule has 1 aliphatic heterocycles. The van der Waals surface area contributed by atoms with E-state index in [0.29, 0.717) is 0 Å². The molecule has 0 spiro atoms. The van der Waals surface area contributed by atoms with Crippen LogP contribution in [0, 0.1) is 5.92 Å². The van der Waals surface area contributed by atoms with Crippen LogP contribution in [-0.2, 0) is 0 Å². The lowest BCUT2D eigenvalue weighted by Gasteiger charge is -2.27. The molecule has 1 rings (SSSR count). The minimum absolute atomic E-state index is 0.838. The highest BCUT2D eigenvalue weighted by Gasteiger charge is 2.16. The fourth-order valence-corrected chi connectivity index (χ4v) is 2.51. The van der Waals surface area contributed by atoms with Crippen molar-refractivity contribution in [2.45, 2.75) is 71.3 Å². The predicted molar refractivity (Wildman–Crippen MR) is 63.6 cm³/mol. The van der Waals surface area contributed by atoms with Crippen molar-refractivity contribution in [3.05, 3.63) is 0 Å². The van der Waals surface area contributed by atoms with Gasteiger partial charge >= 0.3 is 0 Å². The zero-order chi connectivity index (χ0) is 10.2. The van der Waals surface area contributed by atoms with E-state index in [1.807, 2.05) is 0 Å². The molecule has 0 aromatic carbocycles. The van der Waals surface area contributed by atoms with Crippen LogP contribution in [0.15, 0.2) is 0 Å². The first-order valence-corrected chi connectivity index (χ1v) is 6.60. The minimum atomic E-state index is 0.838. The lowest BCUT2D eigenvalue weighted by Crippen LogP contribution is -2.35. The van der Waals surface area contributed by atoms with Crippen LogP contribution < -0.4 is 5.32 Å². The van der Waals surface area contributed by atoms with E-state index < -0.39 is 0 Å². The second-order valence-electron chi connectivity index (χ2n) is 4.80. The van der Waals surface area contributed by atoms with Crippen LogP contribution in [0.4, 0.5) is 0 Å². The van der Waals surface area contributed by atoms with Crippen LogP contribution in [0.2, 0.25) is 0 Å². The molecule has 0 aromatic heterocycles. The Balaban J connectivity index is 2.16. The van der Waals surface area contributed by atoms with Gasteiger partial charge in [-0.15, -0.1) is 0 Å². The van der Waals surface area contributed by atoms with Crippen molar-refractivity contribution in [3.63, 3.8) is 0 Å². The zero-order valence-electron chi connectivity index (χ0n) is 10.0. The quantitative estimate of drug-likeness (QED) is 0.684. The molecule has 0 unspecified atom stereocenters. The molecule has 1 heterocycles. The summed E-state index contributed by atoms with van der Waals surface area (Å²) in [7, 11) is 0. The Morgan fingerprint density at radius 1 is 1.29 bits per heavy atom. The maximum atomic E-state index is 3.66. The Hall–Kier alpha value is -0.0400. The van der Waals surface area contributed by atoms with Gasteiger partial charge in [0.1, 0.15) is 0 Å². The van der Waals surface area contributed by atoms with Gasteiger partial charge in [-0.1, -0.05) is 46.0 Å². The smallest absolute Gasteiger partial charge is 0.00697 e. The molecule has 1 saturated heterocycles. The standard InChI is InChI=1S/C13H27N/c1-3-5-8-12(4-2)11-13-9-6-7-10-14-13/h12-14H,3-11H2,1-2H3/t12-,13+/m0/s1. The maximum Gasteiger partial charge on any atom is 0.00697 e. The third kappa shape index (κ3) is 4.45. The molecule has 1 nitrogen and oxygen atoms in total. The molecule has 0 aliphatic carbocycles. The summed E-state index contributed by atoms with van der Waals surface area (Å²) in [5.74, 6) is 0.977. The van der Waals surface area contributed by atoms with Crippen molar-refractivity contribution >= 4 is 0 Å². The predicted octanol–water partition coefficient (Wildman–Crippen LogP) is 3.74. The van der Waals surface area contributed by atoms with Crippen molar-refractivity contribution < 1.29 is 0 Å². The molecule has 2 atom stereocenters. The van der Waals surface area contributed by atoms with E-state index in [1.165, 1.54) is 57.9 Å². The van der Waals surface area contributed by atoms with Crippen molar-refractivity contribution in [2.75, 3.05) is 6.54 Å². The zero-order valence-corrected chi connectivity index (χ0v) is 10.0. The van der Waals surface area contributed by atoms with Gasteiger partial charge in [-0.3, -0.25) is 0 Å². The number of rotatable bonds is 6.